The van der Waals surface area contributed by atoms with E-state index in [0.717, 1.165) is 23.8 Å². The monoisotopic (exact) mass is 1120 g/mol. The van der Waals surface area contributed by atoms with E-state index in [1.165, 1.54) is 0 Å². The maximum atomic E-state index is 13.6. The summed E-state index contributed by atoms with van der Waals surface area (Å²) in [6.45, 7) is 8.92. The van der Waals surface area contributed by atoms with Crippen molar-refractivity contribution in [3.05, 3.63) is 88.3 Å². The van der Waals surface area contributed by atoms with Gasteiger partial charge in [-0.3, -0.25) is 4.79 Å². The van der Waals surface area contributed by atoms with E-state index in [0.29, 0.717) is 146 Å². The lowest BCUT2D eigenvalue weighted by Gasteiger charge is -2.25. The Balaban J connectivity index is 0.750. The summed E-state index contributed by atoms with van der Waals surface area (Å²) >= 11 is 6.61. The van der Waals surface area contributed by atoms with Gasteiger partial charge in [-0.1, -0.05) is 35.0 Å². The lowest BCUT2D eigenvalue weighted by Crippen LogP contribution is -2.29. The minimum Gasteiger partial charge on any atom is -0.420 e. The van der Waals surface area contributed by atoms with E-state index in [-0.39, 0.29) is 59.9 Å². The number of ether oxygens (including phenoxy) is 10. The fourth-order valence-corrected chi connectivity index (χ4v) is 8.52. The van der Waals surface area contributed by atoms with Crippen LogP contribution in [0, 0.1) is 24.4 Å². The highest BCUT2D eigenvalue weighted by molar-refractivity contribution is 7.58. The molecule has 3 aromatic heterocycles. The third-order valence-electron chi connectivity index (χ3n) is 10.8. The molecule has 2 N–H and O–H groups in total. The van der Waals surface area contributed by atoms with Gasteiger partial charge in [-0.2, -0.15) is 5.10 Å². The molecule has 4 heterocycles. The van der Waals surface area contributed by atoms with Crippen molar-refractivity contribution in [2.45, 2.75) is 58.2 Å². The van der Waals surface area contributed by atoms with Gasteiger partial charge in [-0.05, 0) is 31.4 Å². The molecule has 0 amide bonds. The fraction of sp³-hybridized carbons (Fsp3) is 0.574. The SMILES string of the molecule is Cc1nc(N(CCOCCOCCOCCOCc2cn(CCOCCOCCOCCOCCC(=O)Oc3c(F)cc(F)cc3F)nn2)Cc2ccccc2Cl)c2cnn(C3CCC(COPCP(O)O)O3)c2n1. The molecule has 0 bridgehead atoms. The lowest BCUT2D eigenvalue weighted by molar-refractivity contribution is -0.136. The van der Waals surface area contributed by atoms with Crippen molar-refractivity contribution < 1.29 is 79.6 Å². The lowest BCUT2D eigenvalue weighted by atomic mass is 10.2. The van der Waals surface area contributed by atoms with Crippen molar-refractivity contribution in [2.75, 3.05) is 123 Å². The quantitative estimate of drug-likeness (QED) is 0.0209. The fourth-order valence-electron chi connectivity index (χ4n) is 7.20. The topological polar surface area (TPSA) is 237 Å². The first-order chi connectivity index (χ1) is 36.5. The van der Waals surface area contributed by atoms with Crippen LogP contribution in [0.1, 0.15) is 42.6 Å². The molecule has 6 rings (SSSR count). The summed E-state index contributed by atoms with van der Waals surface area (Å²) in [4.78, 5) is 41.8. The van der Waals surface area contributed by atoms with Crippen LogP contribution in [0.5, 0.6) is 5.75 Å². The number of halogens is 4. The Labute approximate surface area is 440 Å². The first-order valence-corrected chi connectivity index (χ1v) is 27.2. The van der Waals surface area contributed by atoms with Crippen LogP contribution in [0.4, 0.5) is 19.0 Å². The summed E-state index contributed by atoms with van der Waals surface area (Å²) in [5, 5.41) is 14.3. The maximum Gasteiger partial charge on any atom is 0.313 e. The highest BCUT2D eigenvalue weighted by atomic mass is 35.5. The second-order valence-electron chi connectivity index (χ2n) is 16.4. The van der Waals surface area contributed by atoms with Crippen LogP contribution >= 0.6 is 28.8 Å². The molecule has 0 saturated carbocycles. The van der Waals surface area contributed by atoms with Gasteiger partial charge in [0.15, 0.2) is 31.9 Å². The number of benzene rings is 2. The molecule has 0 radical (unpaired) electrons. The molecule has 1 saturated heterocycles. The Bertz CT molecular complexity index is 2430. The molecule has 0 spiro atoms. The number of anilines is 1. The molecule has 1 aliphatic rings. The molecule has 5 aromatic rings. The first-order valence-electron chi connectivity index (χ1n) is 24.3. The molecule has 22 nitrogen and oxygen atoms in total. The van der Waals surface area contributed by atoms with E-state index in [9.17, 15) is 18.0 Å². The largest absolute Gasteiger partial charge is 0.420 e. The maximum absolute atomic E-state index is 13.6. The summed E-state index contributed by atoms with van der Waals surface area (Å²) < 4.78 is 105. The minimum absolute atomic E-state index is 0.00327. The molecular weight excluding hydrogens is 1050 g/mol. The van der Waals surface area contributed by atoms with Crippen LogP contribution in [0.15, 0.2) is 48.8 Å². The zero-order valence-corrected chi connectivity index (χ0v) is 44.2. The Morgan fingerprint density at radius 2 is 1.47 bits per heavy atom. The van der Waals surface area contributed by atoms with Gasteiger partial charge in [-0.15, -0.1) is 5.10 Å². The van der Waals surface area contributed by atoms with Crippen molar-refractivity contribution in [3.8, 4) is 5.75 Å². The van der Waals surface area contributed by atoms with Crippen LogP contribution < -0.4 is 9.64 Å². The molecular formula is C47H64ClF3N8O14P2. The van der Waals surface area contributed by atoms with Gasteiger partial charge in [0.1, 0.15) is 23.2 Å². The zero-order chi connectivity index (χ0) is 53.0. The first kappa shape index (κ1) is 60.1. The van der Waals surface area contributed by atoms with E-state index in [1.807, 2.05) is 31.2 Å². The second-order valence-corrected chi connectivity index (χ2v) is 19.4. The zero-order valence-electron chi connectivity index (χ0n) is 41.6. The summed E-state index contributed by atoms with van der Waals surface area (Å²) in [6, 6.07) is 8.54. The summed E-state index contributed by atoms with van der Waals surface area (Å²) in [7, 11) is -1.97. The standard InChI is InChI=1S/C47H64ClF3N8O14P2/c1-34-53-46(39-28-52-59(47(39)54-34)43-7-6-38(72-43)32-71-74-33-75(61)62)57(29-35-4-2-3-5-40(35)48)9-12-64-15-18-67-22-23-69-24-25-70-31-37-30-58(56-55-37)10-13-65-16-19-68-21-20-66-17-14-63-11-8-44(60)73-45-41(50)26-36(49)27-42(45)51/h2-5,26-28,30,38,43,61-62,74H,6-25,29,31-33H2,1H3. The van der Waals surface area contributed by atoms with Crippen LogP contribution in [0.25, 0.3) is 11.0 Å². The van der Waals surface area contributed by atoms with Gasteiger partial charge in [0, 0.05) is 39.1 Å². The van der Waals surface area contributed by atoms with Crippen LogP contribution in [0.3, 0.4) is 0 Å². The number of esters is 1. The molecule has 1 fully saturated rings. The van der Waals surface area contributed by atoms with Crippen LogP contribution in [-0.4, -0.2) is 175 Å². The van der Waals surface area contributed by atoms with Crippen molar-refractivity contribution >= 4 is 51.6 Å². The summed E-state index contributed by atoms with van der Waals surface area (Å²) in [5.41, 5.74) is 2.28. The third-order valence-corrected chi connectivity index (χ3v) is 13.2. The average Bonchev–Trinajstić information content (AvgIpc) is 4.17. The molecule has 0 aliphatic carbocycles. The number of aromatic nitrogens is 7. The summed E-state index contributed by atoms with van der Waals surface area (Å²) in [5.74, 6) is -4.09. The van der Waals surface area contributed by atoms with E-state index in [1.54, 1.807) is 21.8 Å². The van der Waals surface area contributed by atoms with Gasteiger partial charge < -0.3 is 66.6 Å². The molecule has 75 heavy (non-hydrogen) atoms. The van der Waals surface area contributed by atoms with E-state index >= 15 is 0 Å². The molecule has 2 aromatic carbocycles. The van der Waals surface area contributed by atoms with Crippen molar-refractivity contribution in [3.63, 3.8) is 0 Å². The van der Waals surface area contributed by atoms with E-state index < -0.39 is 37.5 Å². The van der Waals surface area contributed by atoms with Gasteiger partial charge in [0.25, 0.3) is 0 Å². The van der Waals surface area contributed by atoms with Crippen LogP contribution in [-0.2, 0) is 71.6 Å². The third kappa shape index (κ3) is 21.7. The Kier molecular flexibility index (Phi) is 27.2. The molecule has 28 heteroatoms. The Morgan fingerprint density at radius 3 is 2.13 bits per heavy atom. The van der Waals surface area contributed by atoms with Gasteiger partial charge in [0.05, 0.1) is 155 Å². The number of fused-ring (bicyclic) bond motifs is 1. The Hall–Kier alpha value is -4.14. The smallest absolute Gasteiger partial charge is 0.313 e. The number of hydrogen-bond acceptors (Lipinski definition) is 20. The molecule has 414 valence electrons. The summed E-state index contributed by atoms with van der Waals surface area (Å²) in [6.07, 6.45) is 4.34. The molecule has 3 unspecified atom stereocenters. The van der Waals surface area contributed by atoms with Gasteiger partial charge >= 0.3 is 5.97 Å². The second kappa shape index (κ2) is 33.9. The van der Waals surface area contributed by atoms with E-state index in [4.69, 9.17) is 83.6 Å². The van der Waals surface area contributed by atoms with Gasteiger partial charge in [-0.25, -0.2) is 32.5 Å². The van der Waals surface area contributed by atoms with Crippen LogP contribution in [0.2, 0.25) is 5.02 Å². The number of carbonyl (C=O) groups is 1. The number of hydrogen-bond donors (Lipinski definition) is 2. The molecule has 3 atom stereocenters. The predicted octanol–water partition coefficient (Wildman–Crippen LogP) is 5.67. The normalized spacial score (nSPS) is 14.9. The van der Waals surface area contributed by atoms with Crippen molar-refractivity contribution in [1.82, 2.24) is 34.7 Å². The molecule has 1 aliphatic heterocycles. The number of nitrogens with zero attached hydrogens (tertiary/aromatic N) is 8. The Morgan fingerprint density at radius 1 is 0.840 bits per heavy atom. The number of rotatable bonds is 39. The number of carbonyl (C=O) groups excluding carboxylic acids is 1. The average molecular weight is 1120 g/mol. The van der Waals surface area contributed by atoms with Gasteiger partial charge in [0.2, 0.25) is 5.75 Å². The predicted molar refractivity (Wildman–Crippen MR) is 268 cm³/mol. The highest BCUT2D eigenvalue weighted by Crippen LogP contribution is 2.36. The number of aryl methyl sites for hydroxylation is 1. The van der Waals surface area contributed by atoms with E-state index in [2.05, 4.69) is 19.9 Å². The van der Waals surface area contributed by atoms with Crippen molar-refractivity contribution in [1.29, 1.82) is 0 Å². The van der Waals surface area contributed by atoms with Crippen molar-refractivity contribution in [2.24, 2.45) is 0 Å². The highest BCUT2D eigenvalue weighted by Gasteiger charge is 2.30. The minimum atomic E-state index is -1.97.